The van der Waals surface area contributed by atoms with Crippen LogP contribution in [0.1, 0.15) is 5.69 Å². The van der Waals surface area contributed by atoms with E-state index in [1.807, 2.05) is 18.2 Å². The van der Waals surface area contributed by atoms with Crippen LogP contribution in [-0.2, 0) is 11.2 Å². The van der Waals surface area contributed by atoms with Crippen molar-refractivity contribution >= 4 is 40.8 Å². The molecule has 0 unspecified atom stereocenters. The Labute approximate surface area is 123 Å². The van der Waals surface area contributed by atoms with Crippen LogP contribution in [0.3, 0.4) is 0 Å². The molecule has 0 spiro atoms. The minimum atomic E-state index is -0.343. The van der Waals surface area contributed by atoms with E-state index < -0.39 is 0 Å². The van der Waals surface area contributed by atoms with E-state index in [1.54, 1.807) is 18.0 Å². The van der Waals surface area contributed by atoms with Crippen LogP contribution in [0.2, 0.25) is 0 Å². The van der Waals surface area contributed by atoms with Gasteiger partial charge in [0.1, 0.15) is 0 Å². The van der Waals surface area contributed by atoms with Gasteiger partial charge in [0.05, 0.1) is 5.75 Å². The summed E-state index contributed by atoms with van der Waals surface area (Å²) in [4.78, 5) is 14.9. The van der Waals surface area contributed by atoms with Crippen molar-refractivity contribution in [3.05, 3.63) is 30.1 Å². The Balaban J connectivity index is 1.76. The maximum absolute atomic E-state index is 10.7. The second kappa shape index (κ2) is 7.46. The SMILES string of the molecule is NC(=O)CSc1nnc(SCCc2ccccn2)s1. The molecule has 0 aliphatic rings. The minimum Gasteiger partial charge on any atom is -0.369 e. The third-order valence-electron chi connectivity index (χ3n) is 2.04. The monoisotopic (exact) mass is 312 g/mol. The van der Waals surface area contributed by atoms with Crippen LogP contribution in [0, 0.1) is 0 Å². The van der Waals surface area contributed by atoms with E-state index in [2.05, 4.69) is 15.2 Å². The van der Waals surface area contributed by atoms with Gasteiger partial charge in [-0.15, -0.1) is 10.2 Å². The van der Waals surface area contributed by atoms with Gasteiger partial charge >= 0.3 is 0 Å². The van der Waals surface area contributed by atoms with Gasteiger partial charge in [-0.3, -0.25) is 9.78 Å². The lowest BCUT2D eigenvalue weighted by Gasteiger charge is -1.97. The van der Waals surface area contributed by atoms with E-state index in [1.165, 1.54) is 23.1 Å². The van der Waals surface area contributed by atoms with Crippen molar-refractivity contribution in [2.45, 2.75) is 15.1 Å². The summed E-state index contributed by atoms with van der Waals surface area (Å²) in [6, 6.07) is 5.90. The van der Waals surface area contributed by atoms with Gasteiger partial charge in [-0.05, 0) is 18.6 Å². The maximum atomic E-state index is 10.7. The summed E-state index contributed by atoms with van der Waals surface area (Å²) in [6.07, 6.45) is 2.69. The summed E-state index contributed by atoms with van der Waals surface area (Å²) in [5.74, 6) is 0.809. The first-order valence-corrected chi connectivity index (χ1v) is 8.30. The zero-order valence-corrected chi connectivity index (χ0v) is 12.4. The molecule has 2 aromatic rings. The number of nitrogens with zero attached hydrogens (tertiary/aromatic N) is 3. The molecule has 8 heteroatoms. The normalized spacial score (nSPS) is 10.5. The number of carbonyl (C=O) groups is 1. The van der Waals surface area contributed by atoms with Gasteiger partial charge in [0, 0.05) is 17.6 Å². The summed E-state index contributed by atoms with van der Waals surface area (Å²) >= 11 is 4.46. The highest BCUT2D eigenvalue weighted by Crippen LogP contribution is 2.28. The molecule has 2 aromatic heterocycles. The predicted molar refractivity (Wildman–Crippen MR) is 78.5 cm³/mol. The largest absolute Gasteiger partial charge is 0.369 e. The lowest BCUT2D eigenvalue weighted by Crippen LogP contribution is -2.12. The first-order chi connectivity index (χ1) is 9.24. The molecule has 0 fully saturated rings. The number of pyridine rings is 1. The van der Waals surface area contributed by atoms with Crippen molar-refractivity contribution in [2.24, 2.45) is 5.73 Å². The molecular weight excluding hydrogens is 300 g/mol. The van der Waals surface area contributed by atoms with E-state index in [0.717, 1.165) is 26.5 Å². The van der Waals surface area contributed by atoms with Crippen LogP contribution in [0.5, 0.6) is 0 Å². The molecule has 0 saturated heterocycles. The van der Waals surface area contributed by atoms with Crippen molar-refractivity contribution in [3.8, 4) is 0 Å². The second-order valence-electron chi connectivity index (χ2n) is 3.51. The molecule has 0 aromatic carbocycles. The number of carbonyl (C=O) groups excluding carboxylic acids is 1. The lowest BCUT2D eigenvalue weighted by atomic mass is 10.3. The standard InChI is InChI=1S/C11H12N4OS3/c12-9(16)7-18-11-15-14-10(19-11)17-6-4-8-3-1-2-5-13-8/h1-3,5H,4,6-7H2,(H2,12,16). The third-order valence-corrected chi connectivity index (χ3v) is 5.25. The smallest absolute Gasteiger partial charge is 0.227 e. The second-order valence-corrected chi connectivity index (χ2v) is 7.05. The lowest BCUT2D eigenvalue weighted by molar-refractivity contribution is -0.115. The quantitative estimate of drug-likeness (QED) is 0.786. The van der Waals surface area contributed by atoms with E-state index >= 15 is 0 Å². The molecule has 0 aliphatic carbocycles. The first-order valence-electron chi connectivity index (χ1n) is 5.51. The molecule has 2 heterocycles. The van der Waals surface area contributed by atoms with Crippen LogP contribution in [-0.4, -0.2) is 32.6 Å². The van der Waals surface area contributed by atoms with E-state index in [9.17, 15) is 4.79 Å². The fourth-order valence-corrected chi connectivity index (χ4v) is 4.03. The Morgan fingerprint density at radius 2 is 2.05 bits per heavy atom. The highest BCUT2D eigenvalue weighted by Gasteiger charge is 2.07. The van der Waals surface area contributed by atoms with Gasteiger partial charge in [0.25, 0.3) is 0 Å². The maximum Gasteiger partial charge on any atom is 0.227 e. The van der Waals surface area contributed by atoms with Gasteiger partial charge in [-0.25, -0.2) is 0 Å². The summed E-state index contributed by atoms with van der Waals surface area (Å²) in [5.41, 5.74) is 6.15. The average Bonchev–Trinajstić information content (AvgIpc) is 2.86. The zero-order valence-electron chi connectivity index (χ0n) is 9.98. The van der Waals surface area contributed by atoms with Crippen molar-refractivity contribution < 1.29 is 4.79 Å². The Hall–Kier alpha value is -1.12. The Morgan fingerprint density at radius 3 is 2.74 bits per heavy atom. The van der Waals surface area contributed by atoms with Gasteiger partial charge in [-0.2, -0.15) is 0 Å². The first kappa shape index (κ1) is 14.3. The molecule has 2 N–H and O–H groups in total. The molecule has 2 rings (SSSR count). The van der Waals surface area contributed by atoms with Crippen LogP contribution in [0.15, 0.2) is 33.1 Å². The Kier molecular flexibility index (Phi) is 5.62. The van der Waals surface area contributed by atoms with Crippen molar-refractivity contribution in [1.29, 1.82) is 0 Å². The highest BCUT2D eigenvalue weighted by molar-refractivity contribution is 8.03. The van der Waals surface area contributed by atoms with E-state index in [-0.39, 0.29) is 11.7 Å². The number of primary amides is 1. The molecule has 19 heavy (non-hydrogen) atoms. The summed E-state index contributed by atoms with van der Waals surface area (Å²) < 4.78 is 1.68. The van der Waals surface area contributed by atoms with Crippen LogP contribution in [0.25, 0.3) is 0 Å². The molecule has 0 bridgehead atoms. The molecular formula is C11H12N4OS3. The fraction of sp³-hybridized carbons (Fsp3) is 0.273. The van der Waals surface area contributed by atoms with Crippen molar-refractivity contribution in [1.82, 2.24) is 15.2 Å². The van der Waals surface area contributed by atoms with Gasteiger partial charge in [0.2, 0.25) is 5.91 Å². The topological polar surface area (TPSA) is 81.8 Å². The predicted octanol–water partition coefficient (Wildman–Crippen LogP) is 1.85. The molecule has 0 radical (unpaired) electrons. The Bertz CT molecular complexity index is 532. The van der Waals surface area contributed by atoms with Crippen molar-refractivity contribution in [3.63, 3.8) is 0 Å². The van der Waals surface area contributed by atoms with Crippen LogP contribution in [0.4, 0.5) is 0 Å². The molecule has 0 atom stereocenters. The molecule has 5 nitrogen and oxygen atoms in total. The average molecular weight is 312 g/mol. The molecule has 0 saturated carbocycles. The number of amides is 1. The highest BCUT2D eigenvalue weighted by atomic mass is 32.2. The van der Waals surface area contributed by atoms with Gasteiger partial charge in [-0.1, -0.05) is 40.9 Å². The molecule has 0 aliphatic heterocycles. The number of hydrogen-bond donors (Lipinski definition) is 1. The van der Waals surface area contributed by atoms with E-state index in [4.69, 9.17) is 5.73 Å². The summed E-state index contributed by atoms with van der Waals surface area (Å²) in [6.45, 7) is 0. The number of aromatic nitrogens is 3. The Morgan fingerprint density at radius 1 is 1.26 bits per heavy atom. The molecule has 1 amide bonds. The van der Waals surface area contributed by atoms with Gasteiger partial charge < -0.3 is 5.73 Å². The fourth-order valence-electron chi connectivity index (χ4n) is 1.24. The van der Waals surface area contributed by atoms with Crippen LogP contribution >= 0.6 is 34.9 Å². The zero-order chi connectivity index (χ0) is 13.5. The summed E-state index contributed by atoms with van der Waals surface area (Å²) in [5, 5.41) is 8.06. The minimum absolute atomic E-state index is 0.243. The third kappa shape index (κ3) is 5.17. The number of rotatable bonds is 7. The van der Waals surface area contributed by atoms with E-state index in [0.29, 0.717) is 0 Å². The van der Waals surface area contributed by atoms with Gasteiger partial charge in [0.15, 0.2) is 8.68 Å². The summed E-state index contributed by atoms with van der Waals surface area (Å²) in [7, 11) is 0. The van der Waals surface area contributed by atoms with Crippen LogP contribution < -0.4 is 5.73 Å². The molecule has 100 valence electrons. The number of nitrogens with two attached hydrogens (primary N) is 1. The number of thioether (sulfide) groups is 2. The number of hydrogen-bond acceptors (Lipinski definition) is 7. The van der Waals surface area contributed by atoms with Crippen molar-refractivity contribution in [2.75, 3.05) is 11.5 Å². The number of aryl methyl sites for hydroxylation is 1.